The number of rotatable bonds is 4. The fourth-order valence-corrected chi connectivity index (χ4v) is 2.37. The van der Waals surface area contributed by atoms with E-state index in [1.807, 2.05) is 0 Å². The Hall–Kier alpha value is -1.30. The van der Waals surface area contributed by atoms with Crippen molar-refractivity contribution in [3.8, 4) is 0 Å². The fourth-order valence-electron chi connectivity index (χ4n) is 0.649. The number of alkyl halides is 6. The van der Waals surface area contributed by atoms with Crippen LogP contribution in [0.1, 0.15) is 0 Å². The molecule has 0 saturated heterocycles. The first kappa shape index (κ1) is 18.7. The van der Waals surface area contributed by atoms with E-state index in [1.165, 1.54) is 0 Å². The van der Waals surface area contributed by atoms with Crippen LogP contribution in [0.3, 0.4) is 0 Å². The maximum absolute atomic E-state index is 12.2. The summed E-state index contributed by atoms with van der Waals surface area (Å²) in [6.07, 6.45) is 1.23. The molecule has 0 fully saturated rings. The minimum atomic E-state index is -6.32. The van der Waals surface area contributed by atoms with Gasteiger partial charge in [0.25, 0.3) is 19.7 Å². The van der Waals surface area contributed by atoms with Crippen LogP contribution >= 0.6 is 0 Å². The summed E-state index contributed by atoms with van der Waals surface area (Å²) >= 11 is 0. The Labute approximate surface area is 109 Å². The number of hydrogen-bond acceptors (Lipinski definition) is 4. The van der Waals surface area contributed by atoms with Crippen molar-refractivity contribution in [1.29, 1.82) is 0 Å². The van der Waals surface area contributed by atoms with Crippen LogP contribution in [0.15, 0.2) is 29.7 Å². The third-order valence-corrected chi connectivity index (χ3v) is 4.17. The zero-order valence-corrected chi connectivity index (χ0v) is 10.8. The monoisotopic (exact) mass is 343 g/mol. The van der Waals surface area contributed by atoms with Gasteiger partial charge in [0.15, 0.2) is 0 Å². The highest BCUT2D eigenvalue weighted by Gasteiger charge is 2.51. The Bertz CT molecular complexity index is 633. The maximum Gasteiger partial charge on any atom is 0.502 e. The lowest BCUT2D eigenvalue weighted by Gasteiger charge is -2.09. The normalized spacial score (nSPS) is 15.6. The van der Waals surface area contributed by atoms with E-state index in [0.29, 0.717) is 11.5 Å². The molecule has 0 bridgehead atoms. The Morgan fingerprint density at radius 2 is 1.40 bits per heavy atom. The van der Waals surface area contributed by atoms with Crippen LogP contribution < -0.4 is 0 Å². The highest BCUT2D eigenvalue weighted by Crippen LogP contribution is 2.32. The molecule has 0 spiro atoms. The number of allylic oxidation sites excluding steroid dienone is 3. The van der Waals surface area contributed by atoms with Crippen molar-refractivity contribution in [2.24, 2.45) is 0 Å². The molecule has 0 heterocycles. The summed E-state index contributed by atoms with van der Waals surface area (Å²) in [7, 11) is -12.6. The molecule has 0 N–H and O–H groups in total. The average molecular weight is 343 g/mol. The quantitative estimate of drug-likeness (QED) is 0.580. The van der Waals surface area contributed by atoms with Gasteiger partial charge in [-0.1, -0.05) is 18.7 Å². The van der Waals surface area contributed by atoms with E-state index in [0.717, 1.165) is 6.08 Å². The summed E-state index contributed by atoms with van der Waals surface area (Å²) < 4.78 is 116. The number of hydrogen-bond donors (Lipinski definition) is 0. The van der Waals surface area contributed by atoms with Gasteiger partial charge in [0.1, 0.15) is 5.41 Å². The summed E-state index contributed by atoms with van der Waals surface area (Å²) in [6, 6.07) is 0. The van der Waals surface area contributed by atoms with Gasteiger partial charge >= 0.3 is 11.0 Å². The second-order valence-corrected chi connectivity index (χ2v) is 6.54. The molecule has 0 rings (SSSR count). The van der Waals surface area contributed by atoms with Crippen molar-refractivity contribution in [1.82, 2.24) is 0 Å². The van der Waals surface area contributed by atoms with Crippen molar-refractivity contribution in [3.63, 3.8) is 0 Å². The van der Waals surface area contributed by atoms with Crippen molar-refractivity contribution < 1.29 is 43.2 Å². The lowest BCUT2D eigenvalue weighted by molar-refractivity contribution is -0.0438. The third-order valence-electron chi connectivity index (χ3n) is 1.52. The van der Waals surface area contributed by atoms with E-state index in [2.05, 4.69) is 6.58 Å². The summed E-state index contributed by atoms with van der Waals surface area (Å²) in [5.74, 6) is 0. The SMILES string of the molecule is C=CC=C/C(=[C]\S(=O)(=O)C(F)(F)F)S(=O)(=O)C(F)(F)F. The lowest BCUT2D eigenvalue weighted by atomic mass is 10.5. The standard InChI is InChI=1S/C8H5F6O4S2/c1-2-3-4-6(20(17,18)8(12,13)14)5-19(15,16)7(9,10)11/h2-4H,1H2. The van der Waals surface area contributed by atoms with E-state index in [9.17, 15) is 43.2 Å². The fraction of sp³-hybridized carbons (Fsp3) is 0.250. The van der Waals surface area contributed by atoms with Crippen LogP contribution in [0.4, 0.5) is 26.3 Å². The van der Waals surface area contributed by atoms with Gasteiger partial charge in [-0.25, -0.2) is 16.8 Å². The Kier molecular flexibility index (Phi) is 5.23. The van der Waals surface area contributed by atoms with Crippen molar-refractivity contribution >= 4 is 19.7 Å². The molecule has 0 unspecified atom stereocenters. The van der Waals surface area contributed by atoms with Gasteiger partial charge in [0.05, 0.1) is 4.91 Å². The zero-order valence-electron chi connectivity index (χ0n) is 9.16. The van der Waals surface area contributed by atoms with Crippen LogP contribution in [0.2, 0.25) is 0 Å². The average Bonchev–Trinajstić information content (AvgIpc) is 2.20. The van der Waals surface area contributed by atoms with Gasteiger partial charge in [-0.2, -0.15) is 26.3 Å². The van der Waals surface area contributed by atoms with Crippen LogP contribution in [0.5, 0.6) is 0 Å². The molecule has 12 heteroatoms. The van der Waals surface area contributed by atoms with Gasteiger partial charge in [-0.05, 0) is 6.08 Å². The summed E-state index contributed by atoms with van der Waals surface area (Å²) in [6.45, 7) is 2.95. The molecule has 0 aromatic carbocycles. The second kappa shape index (κ2) is 5.60. The van der Waals surface area contributed by atoms with E-state index in [1.54, 1.807) is 0 Å². The molecule has 0 aromatic rings. The Morgan fingerprint density at radius 1 is 0.950 bits per heavy atom. The molecule has 0 amide bonds. The molecular formula is C8H5F6O4S2. The molecule has 0 atom stereocenters. The van der Waals surface area contributed by atoms with Crippen molar-refractivity contribution in [2.75, 3.05) is 0 Å². The predicted octanol–water partition coefficient (Wildman–Crippen LogP) is 2.24. The molecule has 0 aliphatic rings. The van der Waals surface area contributed by atoms with Crippen LogP contribution in [0.25, 0.3) is 0 Å². The molecule has 4 nitrogen and oxygen atoms in total. The largest absolute Gasteiger partial charge is 0.502 e. The molecule has 20 heavy (non-hydrogen) atoms. The highest BCUT2D eigenvalue weighted by molar-refractivity contribution is 7.98. The van der Waals surface area contributed by atoms with Gasteiger partial charge in [0.2, 0.25) is 0 Å². The first-order valence-electron chi connectivity index (χ1n) is 4.23. The molecule has 0 aliphatic heterocycles. The van der Waals surface area contributed by atoms with Crippen LogP contribution in [0, 0.1) is 5.41 Å². The van der Waals surface area contributed by atoms with Gasteiger partial charge in [-0.15, -0.1) is 0 Å². The van der Waals surface area contributed by atoms with Crippen LogP contribution in [-0.4, -0.2) is 27.9 Å². The molecular weight excluding hydrogens is 338 g/mol. The molecule has 0 aliphatic carbocycles. The smallest absolute Gasteiger partial charge is 0.214 e. The zero-order chi connectivity index (χ0) is 16.4. The van der Waals surface area contributed by atoms with Gasteiger partial charge in [-0.3, -0.25) is 0 Å². The van der Waals surface area contributed by atoms with E-state index < -0.39 is 35.6 Å². The van der Waals surface area contributed by atoms with E-state index in [4.69, 9.17) is 0 Å². The summed E-state index contributed by atoms with van der Waals surface area (Å²) in [4.78, 5) is -2.19. The minimum Gasteiger partial charge on any atom is -0.214 e. The maximum atomic E-state index is 12.2. The minimum absolute atomic E-state index is 0.0148. The first-order valence-corrected chi connectivity index (χ1v) is 7.20. The van der Waals surface area contributed by atoms with Crippen LogP contribution in [-0.2, 0) is 19.7 Å². The topological polar surface area (TPSA) is 68.3 Å². The van der Waals surface area contributed by atoms with Crippen molar-refractivity contribution in [3.05, 3.63) is 35.1 Å². The lowest BCUT2D eigenvalue weighted by Crippen LogP contribution is -2.27. The second-order valence-electron chi connectivity index (χ2n) is 2.96. The van der Waals surface area contributed by atoms with Crippen molar-refractivity contribution in [2.45, 2.75) is 11.0 Å². The summed E-state index contributed by atoms with van der Waals surface area (Å²) in [5.41, 5.74) is -12.0. The molecule has 1 radical (unpaired) electrons. The summed E-state index contributed by atoms with van der Waals surface area (Å²) in [5, 5.41) is 0.336. The van der Waals surface area contributed by atoms with Gasteiger partial charge in [0, 0.05) is 0 Å². The number of sulfone groups is 2. The molecule has 0 aromatic heterocycles. The highest BCUT2D eigenvalue weighted by atomic mass is 32.2. The molecule has 115 valence electrons. The predicted molar refractivity (Wildman–Crippen MR) is 56.0 cm³/mol. The third kappa shape index (κ3) is 4.10. The number of halogens is 6. The van der Waals surface area contributed by atoms with E-state index in [-0.39, 0.29) is 6.08 Å². The Morgan fingerprint density at radius 3 is 1.70 bits per heavy atom. The Balaban J connectivity index is 6.27. The molecule has 0 saturated carbocycles. The van der Waals surface area contributed by atoms with E-state index >= 15 is 0 Å². The first-order chi connectivity index (χ1) is 8.67. The van der Waals surface area contributed by atoms with Gasteiger partial charge < -0.3 is 0 Å².